The van der Waals surface area contributed by atoms with Crippen LogP contribution in [0.5, 0.6) is 0 Å². The van der Waals surface area contributed by atoms with Crippen LogP contribution in [0.3, 0.4) is 0 Å². The van der Waals surface area contributed by atoms with Crippen LogP contribution >= 0.6 is 0 Å². The van der Waals surface area contributed by atoms with E-state index in [4.69, 9.17) is 0 Å². The van der Waals surface area contributed by atoms with Crippen LogP contribution < -0.4 is 5.32 Å². The monoisotopic (exact) mass is 248 g/mol. The Morgan fingerprint density at radius 1 is 1.17 bits per heavy atom. The van der Waals surface area contributed by atoms with Gasteiger partial charge in [0.05, 0.1) is 0 Å². The summed E-state index contributed by atoms with van der Waals surface area (Å²) in [5.74, 6) is 0. The number of benzene rings is 1. The fourth-order valence-corrected chi connectivity index (χ4v) is 2.11. The van der Waals surface area contributed by atoms with Crippen LogP contribution in [0, 0.1) is 0 Å². The highest BCUT2D eigenvalue weighted by Gasteiger charge is 2.28. The van der Waals surface area contributed by atoms with Crippen molar-refractivity contribution in [1.29, 1.82) is 0 Å². The van der Waals surface area contributed by atoms with E-state index in [9.17, 15) is 0 Å². The Bertz CT molecular complexity index is 332. The number of nitrogens with one attached hydrogen (secondary N) is 1. The molecule has 1 rings (SSSR count). The quantitative estimate of drug-likeness (QED) is 0.795. The number of hydrogen-bond acceptors (Lipinski definition) is 2. The van der Waals surface area contributed by atoms with Crippen molar-refractivity contribution in [3.05, 3.63) is 35.9 Å². The Morgan fingerprint density at radius 2 is 1.78 bits per heavy atom. The number of rotatable bonds is 7. The van der Waals surface area contributed by atoms with Crippen LogP contribution in [0.4, 0.5) is 0 Å². The predicted octanol–water partition coefficient (Wildman–Crippen LogP) is 3.46. The van der Waals surface area contributed by atoms with Crippen LogP contribution in [0.15, 0.2) is 30.3 Å². The van der Waals surface area contributed by atoms with Gasteiger partial charge in [-0.2, -0.15) is 0 Å². The lowest BCUT2D eigenvalue weighted by Crippen LogP contribution is -2.46. The standard InChI is InChI=1S/C16H28N2/c1-6-16(3,4)18(5)15(13-17-7-2)14-11-9-8-10-12-14/h8-12,15,17H,6-7,13H2,1-5H3. The second-order valence-corrected chi connectivity index (χ2v) is 5.51. The zero-order valence-electron chi connectivity index (χ0n) is 12.5. The van der Waals surface area contributed by atoms with E-state index >= 15 is 0 Å². The first-order valence-electron chi connectivity index (χ1n) is 7.01. The normalized spacial score (nSPS) is 13.9. The second-order valence-electron chi connectivity index (χ2n) is 5.51. The first-order valence-corrected chi connectivity index (χ1v) is 7.01. The minimum Gasteiger partial charge on any atom is -0.315 e. The summed E-state index contributed by atoms with van der Waals surface area (Å²) >= 11 is 0. The molecule has 2 heteroatoms. The molecule has 0 heterocycles. The molecule has 2 nitrogen and oxygen atoms in total. The van der Waals surface area contributed by atoms with Crippen molar-refractivity contribution in [3.63, 3.8) is 0 Å². The van der Waals surface area contributed by atoms with E-state index in [0.717, 1.165) is 19.5 Å². The van der Waals surface area contributed by atoms with Gasteiger partial charge < -0.3 is 5.32 Å². The molecular formula is C16H28N2. The highest BCUT2D eigenvalue weighted by atomic mass is 15.2. The molecule has 102 valence electrons. The number of likely N-dealkylation sites (N-methyl/N-ethyl adjacent to an activating group) is 2. The lowest BCUT2D eigenvalue weighted by molar-refractivity contribution is 0.0959. The van der Waals surface area contributed by atoms with Crippen LogP contribution in [-0.4, -0.2) is 30.6 Å². The fraction of sp³-hybridized carbons (Fsp3) is 0.625. The van der Waals surface area contributed by atoms with Gasteiger partial charge in [0.2, 0.25) is 0 Å². The van der Waals surface area contributed by atoms with E-state index in [1.165, 1.54) is 5.56 Å². The Labute approximate surface area is 112 Å². The van der Waals surface area contributed by atoms with Gasteiger partial charge in [0.25, 0.3) is 0 Å². The van der Waals surface area contributed by atoms with E-state index in [-0.39, 0.29) is 5.54 Å². The lowest BCUT2D eigenvalue weighted by Gasteiger charge is -2.41. The van der Waals surface area contributed by atoms with Gasteiger partial charge in [0, 0.05) is 18.1 Å². The highest BCUT2D eigenvalue weighted by molar-refractivity contribution is 5.20. The second kappa shape index (κ2) is 6.91. The SMILES string of the molecule is CCNCC(c1ccccc1)N(C)C(C)(C)CC. The summed E-state index contributed by atoms with van der Waals surface area (Å²) in [6, 6.07) is 11.2. The molecule has 0 fully saturated rings. The third-order valence-electron chi connectivity index (χ3n) is 4.06. The molecule has 0 bridgehead atoms. The van der Waals surface area contributed by atoms with Crippen LogP contribution in [0.25, 0.3) is 0 Å². The van der Waals surface area contributed by atoms with Crippen LogP contribution in [0.1, 0.15) is 45.7 Å². The first-order chi connectivity index (χ1) is 8.53. The smallest absolute Gasteiger partial charge is 0.0474 e. The molecule has 1 aromatic rings. The highest BCUT2D eigenvalue weighted by Crippen LogP contribution is 2.28. The first kappa shape index (κ1) is 15.2. The topological polar surface area (TPSA) is 15.3 Å². The minimum absolute atomic E-state index is 0.218. The lowest BCUT2D eigenvalue weighted by atomic mass is 9.95. The summed E-state index contributed by atoms with van der Waals surface area (Å²) in [6.07, 6.45) is 1.15. The maximum absolute atomic E-state index is 3.48. The Morgan fingerprint density at radius 3 is 2.28 bits per heavy atom. The van der Waals surface area contributed by atoms with E-state index in [1.807, 2.05) is 0 Å². The maximum atomic E-state index is 3.48. The maximum Gasteiger partial charge on any atom is 0.0474 e. The summed E-state index contributed by atoms with van der Waals surface area (Å²) in [4.78, 5) is 2.49. The van der Waals surface area contributed by atoms with E-state index in [1.54, 1.807) is 0 Å². The summed E-state index contributed by atoms with van der Waals surface area (Å²) in [7, 11) is 2.23. The summed E-state index contributed by atoms with van der Waals surface area (Å²) < 4.78 is 0. The Hall–Kier alpha value is -0.860. The molecule has 0 aromatic heterocycles. The van der Waals surface area contributed by atoms with Gasteiger partial charge >= 0.3 is 0 Å². The Balaban J connectivity index is 2.91. The van der Waals surface area contributed by atoms with Crippen molar-refractivity contribution < 1.29 is 0 Å². The van der Waals surface area contributed by atoms with Gasteiger partial charge in [-0.3, -0.25) is 4.90 Å². The number of nitrogens with zero attached hydrogens (tertiary/aromatic N) is 1. The molecule has 0 saturated heterocycles. The molecule has 0 aliphatic rings. The van der Waals surface area contributed by atoms with Crippen molar-refractivity contribution >= 4 is 0 Å². The third kappa shape index (κ3) is 3.82. The van der Waals surface area contributed by atoms with E-state index in [2.05, 4.69) is 75.3 Å². The molecule has 0 amide bonds. The summed E-state index contributed by atoms with van der Waals surface area (Å²) in [5, 5.41) is 3.48. The molecule has 0 aliphatic carbocycles. The van der Waals surface area contributed by atoms with Crippen molar-refractivity contribution in [2.75, 3.05) is 20.1 Å². The van der Waals surface area contributed by atoms with Gasteiger partial charge in [0.1, 0.15) is 0 Å². The van der Waals surface area contributed by atoms with Gasteiger partial charge in [-0.25, -0.2) is 0 Å². The van der Waals surface area contributed by atoms with Gasteiger partial charge in [-0.1, -0.05) is 44.2 Å². The molecular weight excluding hydrogens is 220 g/mol. The molecule has 1 aromatic carbocycles. The van der Waals surface area contributed by atoms with Crippen LogP contribution in [-0.2, 0) is 0 Å². The molecule has 1 atom stereocenters. The molecule has 1 unspecified atom stereocenters. The largest absolute Gasteiger partial charge is 0.315 e. The van der Waals surface area contributed by atoms with Crippen molar-refractivity contribution in [3.8, 4) is 0 Å². The zero-order valence-corrected chi connectivity index (χ0v) is 12.5. The third-order valence-corrected chi connectivity index (χ3v) is 4.06. The molecule has 1 N–H and O–H groups in total. The summed E-state index contributed by atoms with van der Waals surface area (Å²) in [6.45, 7) is 11.1. The zero-order chi connectivity index (χ0) is 13.6. The number of hydrogen-bond donors (Lipinski definition) is 1. The average Bonchev–Trinajstić information content (AvgIpc) is 2.40. The Kier molecular flexibility index (Phi) is 5.83. The average molecular weight is 248 g/mol. The fourth-order valence-electron chi connectivity index (χ4n) is 2.11. The molecule has 0 aliphatic heterocycles. The van der Waals surface area contributed by atoms with Gasteiger partial charge in [-0.05, 0) is 39.4 Å². The van der Waals surface area contributed by atoms with Crippen molar-refractivity contribution in [2.24, 2.45) is 0 Å². The molecule has 0 radical (unpaired) electrons. The molecule has 18 heavy (non-hydrogen) atoms. The molecule has 0 spiro atoms. The van der Waals surface area contributed by atoms with Gasteiger partial charge in [-0.15, -0.1) is 0 Å². The van der Waals surface area contributed by atoms with Crippen molar-refractivity contribution in [1.82, 2.24) is 10.2 Å². The van der Waals surface area contributed by atoms with E-state index < -0.39 is 0 Å². The van der Waals surface area contributed by atoms with Gasteiger partial charge in [0.15, 0.2) is 0 Å². The summed E-state index contributed by atoms with van der Waals surface area (Å²) in [5.41, 5.74) is 1.61. The predicted molar refractivity (Wildman–Crippen MR) is 79.9 cm³/mol. The van der Waals surface area contributed by atoms with Crippen molar-refractivity contribution in [2.45, 2.75) is 45.7 Å². The van der Waals surface area contributed by atoms with Crippen LogP contribution in [0.2, 0.25) is 0 Å². The minimum atomic E-state index is 0.218. The van der Waals surface area contributed by atoms with E-state index in [0.29, 0.717) is 6.04 Å². The molecule has 0 saturated carbocycles.